The number of hydrogen-bond acceptors (Lipinski definition) is 3. The third-order valence-corrected chi connectivity index (χ3v) is 7.25. The molecule has 33 heavy (non-hydrogen) atoms. The van der Waals surface area contributed by atoms with Gasteiger partial charge in [-0.3, -0.25) is 9.59 Å². The van der Waals surface area contributed by atoms with E-state index in [2.05, 4.69) is 5.32 Å². The number of carbonyl (C=O) groups excluding carboxylic acids is 2. The fourth-order valence-electron chi connectivity index (χ4n) is 5.07. The van der Waals surface area contributed by atoms with Gasteiger partial charge in [-0.2, -0.15) is 0 Å². The number of carbonyl (C=O) groups is 2. The molecule has 0 saturated heterocycles. The summed E-state index contributed by atoms with van der Waals surface area (Å²) < 4.78 is 7.53. The average molecular weight is 466 g/mol. The van der Waals surface area contributed by atoms with Gasteiger partial charge in [-0.05, 0) is 68.1 Å². The van der Waals surface area contributed by atoms with E-state index in [0.717, 1.165) is 36.9 Å². The molecule has 1 saturated carbocycles. The Bertz CT molecular complexity index is 1150. The van der Waals surface area contributed by atoms with Crippen LogP contribution in [-0.4, -0.2) is 39.4 Å². The van der Waals surface area contributed by atoms with Crippen LogP contribution in [0.15, 0.2) is 59.2 Å². The number of furan rings is 1. The van der Waals surface area contributed by atoms with Crippen LogP contribution in [0.3, 0.4) is 0 Å². The molecule has 1 N–H and O–H groups in total. The Morgan fingerprint density at radius 2 is 1.85 bits per heavy atom. The largest absolute Gasteiger partial charge is 0.463 e. The van der Waals surface area contributed by atoms with Crippen LogP contribution in [0.2, 0.25) is 5.02 Å². The summed E-state index contributed by atoms with van der Waals surface area (Å²) in [5.41, 5.74) is 1.44. The smallest absolute Gasteiger partial charge is 0.271 e. The van der Waals surface area contributed by atoms with Crippen molar-refractivity contribution in [2.24, 2.45) is 0 Å². The molecule has 1 aliphatic heterocycles. The Morgan fingerprint density at radius 1 is 1.12 bits per heavy atom. The van der Waals surface area contributed by atoms with Crippen molar-refractivity contribution in [3.8, 4) is 11.5 Å². The lowest BCUT2D eigenvalue weighted by Crippen LogP contribution is -2.65. The summed E-state index contributed by atoms with van der Waals surface area (Å²) >= 11 is 6.02. The molecule has 1 fully saturated rings. The highest BCUT2D eigenvalue weighted by Gasteiger charge is 2.48. The lowest BCUT2D eigenvalue weighted by molar-refractivity contribution is -0.133. The van der Waals surface area contributed by atoms with E-state index >= 15 is 0 Å². The van der Waals surface area contributed by atoms with E-state index in [1.807, 2.05) is 60.0 Å². The highest BCUT2D eigenvalue weighted by molar-refractivity contribution is 6.30. The van der Waals surface area contributed by atoms with Crippen molar-refractivity contribution in [2.75, 3.05) is 6.54 Å². The molecule has 1 aliphatic carbocycles. The molecule has 1 aromatic carbocycles. The van der Waals surface area contributed by atoms with Gasteiger partial charge < -0.3 is 19.2 Å². The summed E-state index contributed by atoms with van der Waals surface area (Å²) in [6, 6.07) is 15.2. The van der Waals surface area contributed by atoms with Gasteiger partial charge in [-0.25, -0.2) is 0 Å². The summed E-state index contributed by atoms with van der Waals surface area (Å²) in [4.78, 5) is 29.1. The summed E-state index contributed by atoms with van der Waals surface area (Å²) in [5, 5.41) is 3.91. The fraction of sp³-hybridized carbons (Fsp3) is 0.385. The van der Waals surface area contributed by atoms with Gasteiger partial charge in [0.15, 0.2) is 0 Å². The second-order valence-electron chi connectivity index (χ2n) is 9.23. The first-order valence-corrected chi connectivity index (χ1v) is 11.9. The van der Waals surface area contributed by atoms with Crippen LogP contribution in [0.5, 0.6) is 0 Å². The molecule has 5 rings (SSSR count). The van der Waals surface area contributed by atoms with E-state index in [1.165, 1.54) is 0 Å². The van der Waals surface area contributed by atoms with Crippen LogP contribution in [0, 0.1) is 0 Å². The first kappa shape index (κ1) is 21.8. The van der Waals surface area contributed by atoms with Gasteiger partial charge in [0.1, 0.15) is 17.0 Å². The molecule has 2 amide bonds. The number of nitrogens with zero attached hydrogens (tertiary/aromatic N) is 2. The fourth-order valence-corrected chi connectivity index (χ4v) is 5.19. The Hall–Kier alpha value is -2.99. The Morgan fingerprint density at radius 3 is 2.55 bits per heavy atom. The molecule has 0 radical (unpaired) electrons. The minimum Gasteiger partial charge on any atom is -0.463 e. The molecule has 0 bridgehead atoms. The van der Waals surface area contributed by atoms with Gasteiger partial charge in [0.2, 0.25) is 5.91 Å². The monoisotopic (exact) mass is 465 g/mol. The van der Waals surface area contributed by atoms with E-state index in [0.29, 0.717) is 36.0 Å². The summed E-state index contributed by atoms with van der Waals surface area (Å²) in [6.45, 7) is 2.69. The van der Waals surface area contributed by atoms with E-state index in [4.69, 9.17) is 16.0 Å². The first-order chi connectivity index (χ1) is 16.0. The third kappa shape index (κ3) is 4.08. The van der Waals surface area contributed by atoms with Crippen molar-refractivity contribution in [1.29, 1.82) is 0 Å². The summed E-state index contributed by atoms with van der Waals surface area (Å²) in [5.74, 6) is 0.447. The van der Waals surface area contributed by atoms with Crippen molar-refractivity contribution >= 4 is 23.4 Å². The topological polar surface area (TPSA) is 67.5 Å². The van der Waals surface area contributed by atoms with E-state index in [9.17, 15) is 9.59 Å². The number of amides is 2. The predicted molar refractivity (Wildman–Crippen MR) is 127 cm³/mol. The van der Waals surface area contributed by atoms with Crippen LogP contribution in [0.25, 0.3) is 11.5 Å². The van der Waals surface area contributed by atoms with Crippen LogP contribution in [0.1, 0.15) is 48.7 Å². The van der Waals surface area contributed by atoms with E-state index < -0.39 is 5.54 Å². The zero-order valence-electron chi connectivity index (χ0n) is 18.7. The molecule has 2 aliphatic rings. The van der Waals surface area contributed by atoms with Crippen molar-refractivity contribution in [1.82, 2.24) is 14.8 Å². The van der Waals surface area contributed by atoms with Gasteiger partial charge in [-0.15, -0.1) is 0 Å². The highest BCUT2D eigenvalue weighted by Crippen LogP contribution is 2.34. The number of rotatable bonds is 6. The molecule has 7 heteroatoms. The third-order valence-electron chi connectivity index (χ3n) is 7.00. The number of nitrogens with one attached hydrogen (secondary N) is 1. The van der Waals surface area contributed by atoms with Crippen molar-refractivity contribution in [3.05, 3.63) is 71.1 Å². The number of halogens is 1. The van der Waals surface area contributed by atoms with Crippen LogP contribution in [0.4, 0.5) is 0 Å². The van der Waals surface area contributed by atoms with Gasteiger partial charge in [0, 0.05) is 17.6 Å². The second kappa shape index (κ2) is 8.75. The second-order valence-corrected chi connectivity index (χ2v) is 9.67. The van der Waals surface area contributed by atoms with Gasteiger partial charge >= 0.3 is 0 Å². The first-order valence-electron chi connectivity index (χ1n) is 11.6. The van der Waals surface area contributed by atoms with Gasteiger partial charge in [-0.1, -0.05) is 36.6 Å². The zero-order chi connectivity index (χ0) is 23.0. The van der Waals surface area contributed by atoms with Crippen LogP contribution >= 0.6 is 11.6 Å². The quantitative estimate of drug-likeness (QED) is 0.562. The molecular weight excluding hydrogens is 438 g/mol. The zero-order valence-corrected chi connectivity index (χ0v) is 19.5. The molecule has 1 atom stereocenters. The Labute approximate surface area is 198 Å². The number of fused-ring (bicyclic) bond motifs is 1. The normalized spacial score (nSPS) is 20.8. The van der Waals surface area contributed by atoms with Crippen molar-refractivity contribution in [3.63, 3.8) is 0 Å². The van der Waals surface area contributed by atoms with Crippen LogP contribution in [-0.2, 0) is 17.8 Å². The lowest BCUT2D eigenvalue weighted by atomic mass is 9.93. The minimum atomic E-state index is -1.01. The maximum absolute atomic E-state index is 13.7. The minimum absolute atomic E-state index is 0.0939. The predicted octanol–water partition coefficient (Wildman–Crippen LogP) is 4.92. The maximum atomic E-state index is 13.7. The maximum Gasteiger partial charge on any atom is 0.271 e. The SMILES string of the molecule is CC1(C(=O)NC2CCCC2)Cn2c(ccc2-c2ccco2)C(=O)N1CCc1ccc(Cl)cc1. The molecule has 3 heterocycles. The van der Waals surface area contributed by atoms with Crippen molar-refractivity contribution in [2.45, 2.75) is 57.2 Å². The number of benzene rings is 1. The molecule has 0 spiro atoms. The molecule has 1 unspecified atom stereocenters. The molecule has 6 nitrogen and oxygen atoms in total. The molecular formula is C26H28ClN3O3. The van der Waals surface area contributed by atoms with Gasteiger partial charge in [0.05, 0.1) is 18.5 Å². The Kier molecular flexibility index (Phi) is 5.79. The standard InChI is InChI=1S/C26H28ClN3O3/c1-26(25(32)28-20-5-2-3-6-20)17-29-21(23-7-4-16-33-23)12-13-22(29)24(31)30(26)15-14-18-8-10-19(27)11-9-18/h4,7-13,16,20H,2-3,5-6,14-15,17H2,1H3,(H,28,32). The van der Waals surface area contributed by atoms with E-state index in [1.54, 1.807) is 11.2 Å². The lowest BCUT2D eigenvalue weighted by Gasteiger charge is -2.44. The van der Waals surface area contributed by atoms with E-state index in [-0.39, 0.29) is 17.9 Å². The van der Waals surface area contributed by atoms with Crippen molar-refractivity contribution < 1.29 is 14.0 Å². The highest BCUT2D eigenvalue weighted by atomic mass is 35.5. The summed E-state index contributed by atoms with van der Waals surface area (Å²) in [7, 11) is 0. The molecule has 3 aromatic rings. The molecule has 172 valence electrons. The van der Waals surface area contributed by atoms with Gasteiger partial charge in [0.25, 0.3) is 5.91 Å². The summed E-state index contributed by atoms with van der Waals surface area (Å²) in [6.07, 6.45) is 6.50. The number of aromatic nitrogens is 1. The van der Waals surface area contributed by atoms with Crippen LogP contribution < -0.4 is 5.32 Å². The molecule has 2 aromatic heterocycles. The Balaban J connectivity index is 1.48. The average Bonchev–Trinajstić information content (AvgIpc) is 3.56. The number of hydrogen-bond donors (Lipinski definition) is 1.